The van der Waals surface area contributed by atoms with Crippen molar-refractivity contribution in [3.8, 4) is 5.75 Å². The zero-order valence-electron chi connectivity index (χ0n) is 14.9. The number of ether oxygens (including phenoxy) is 2. The van der Waals surface area contributed by atoms with Gasteiger partial charge < -0.3 is 9.47 Å². The molecule has 0 aliphatic carbocycles. The SMILES string of the molecule is COC(=O)CN(c1ccccc1OC)S(=O)(=O)c1ccc(C)c([N+](=O)[O-])c1. The summed E-state index contributed by atoms with van der Waals surface area (Å²) in [6.45, 7) is 0.877. The molecule has 0 saturated heterocycles. The molecule has 0 atom stereocenters. The molecular weight excluding hydrogens is 376 g/mol. The van der Waals surface area contributed by atoms with E-state index in [0.29, 0.717) is 5.56 Å². The van der Waals surface area contributed by atoms with E-state index in [9.17, 15) is 23.3 Å². The van der Waals surface area contributed by atoms with Crippen LogP contribution in [0, 0.1) is 17.0 Å². The molecule has 0 saturated carbocycles. The first-order valence-corrected chi connectivity index (χ1v) is 9.14. The molecule has 9 nitrogen and oxygen atoms in total. The molecular formula is C17H18N2O7S. The Balaban J connectivity index is 2.65. The summed E-state index contributed by atoms with van der Waals surface area (Å²) < 4.78 is 36.9. The van der Waals surface area contributed by atoms with Crippen LogP contribution in [0.5, 0.6) is 5.75 Å². The Labute approximate surface area is 156 Å². The number of esters is 1. The number of carbonyl (C=O) groups excluding carboxylic acids is 1. The van der Waals surface area contributed by atoms with Gasteiger partial charge >= 0.3 is 5.97 Å². The summed E-state index contributed by atoms with van der Waals surface area (Å²) in [6.07, 6.45) is 0. The van der Waals surface area contributed by atoms with Crippen molar-refractivity contribution in [3.63, 3.8) is 0 Å². The van der Waals surface area contributed by atoms with Crippen molar-refractivity contribution < 1.29 is 27.6 Å². The molecule has 0 unspecified atom stereocenters. The van der Waals surface area contributed by atoms with E-state index in [2.05, 4.69) is 4.74 Å². The first kappa shape index (κ1) is 20.2. The Morgan fingerprint density at radius 2 is 1.85 bits per heavy atom. The lowest BCUT2D eigenvalue weighted by atomic mass is 10.2. The largest absolute Gasteiger partial charge is 0.495 e. The Kier molecular flexibility index (Phi) is 6.01. The van der Waals surface area contributed by atoms with Gasteiger partial charge in [-0.2, -0.15) is 0 Å². The molecule has 0 aliphatic heterocycles. The van der Waals surface area contributed by atoms with E-state index in [1.807, 2.05) is 0 Å². The Morgan fingerprint density at radius 1 is 1.19 bits per heavy atom. The van der Waals surface area contributed by atoms with Crippen molar-refractivity contribution in [1.82, 2.24) is 0 Å². The Hall–Kier alpha value is -3.14. The van der Waals surface area contributed by atoms with Crippen LogP contribution < -0.4 is 9.04 Å². The molecule has 0 N–H and O–H groups in total. The van der Waals surface area contributed by atoms with Crippen molar-refractivity contribution in [3.05, 3.63) is 58.1 Å². The molecule has 0 aliphatic rings. The lowest BCUT2D eigenvalue weighted by molar-refractivity contribution is -0.385. The van der Waals surface area contributed by atoms with Crippen molar-refractivity contribution in [2.75, 3.05) is 25.1 Å². The number of nitrogens with zero attached hydrogens (tertiary/aromatic N) is 2. The average molecular weight is 394 g/mol. The van der Waals surface area contributed by atoms with Gasteiger partial charge in [0, 0.05) is 11.6 Å². The number of aryl methyl sites for hydroxylation is 1. The van der Waals surface area contributed by atoms with Crippen LogP contribution in [0.2, 0.25) is 0 Å². The topological polar surface area (TPSA) is 116 Å². The smallest absolute Gasteiger partial charge is 0.326 e. The van der Waals surface area contributed by atoms with Gasteiger partial charge in [-0.1, -0.05) is 18.2 Å². The fourth-order valence-corrected chi connectivity index (χ4v) is 3.83. The third-order valence-corrected chi connectivity index (χ3v) is 5.58. The molecule has 0 aromatic heterocycles. The minimum atomic E-state index is -4.32. The van der Waals surface area contributed by atoms with Gasteiger partial charge in [0.2, 0.25) is 0 Å². The second-order valence-corrected chi connectivity index (χ2v) is 7.33. The van der Waals surface area contributed by atoms with Crippen LogP contribution in [0.25, 0.3) is 0 Å². The third kappa shape index (κ3) is 4.17. The molecule has 0 fully saturated rings. The summed E-state index contributed by atoms with van der Waals surface area (Å²) in [4.78, 5) is 22.0. The maximum absolute atomic E-state index is 13.2. The highest BCUT2D eigenvalue weighted by Gasteiger charge is 2.31. The number of methoxy groups -OCH3 is 2. The van der Waals surface area contributed by atoms with E-state index in [-0.39, 0.29) is 22.0 Å². The summed E-state index contributed by atoms with van der Waals surface area (Å²) in [5, 5.41) is 11.2. The van der Waals surface area contributed by atoms with E-state index in [1.165, 1.54) is 38.3 Å². The predicted molar refractivity (Wildman–Crippen MR) is 97.4 cm³/mol. The molecule has 2 aromatic rings. The standard InChI is InChI=1S/C17H18N2O7S/c1-12-8-9-13(10-15(12)19(21)22)27(23,24)18(11-17(20)26-3)14-6-4-5-7-16(14)25-2/h4-10H,11H2,1-3H3. The number of anilines is 1. The van der Waals surface area contributed by atoms with Crippen LogP contribution >= 0.6 is 0 Å². The van der Waals surface area contributed by atoms with Gasteiger partial charge in [-0.3, -0.25) is 19.2 Å². The highest BCUT2D eigenvalue weighted by molar-refractivity contribution is 7.92. The fraction of sp³-hybridized carbons (Fsp3) is 0.235. The summed E-state index contributed by atoms with van der Waals surface area (Å²) in [5.41, 5.74) is 0.0820. The highest BCUT2D eigenvalue weighted by atomic mass is 32.2. The number of carbonyl (C=O) groups is 1. The van der Waals surface area contributed by atoms with E-state index in [1.54, 1.807) is 12.1 Å². The third-order valence-electron chi connectivity index (χ3n) is 3.82. The highest BCUT2D eigenvalue weighted by Crippen LogP contribution is 2.33. The maximum Gasteiger partial charge on any atom is 0.326 e. The molecule has 0 spiro atoms. The first-order chi connectivity index (χ1) is 12.7. The lowest BCUT2D eigenvalue weighted by Crippen LogP contribution is -2.36. The Morgan fingerprint density at radius 3 is 2.44 bits per heavy atom. The van der Waals surface area contributed by atoms with E-state index in [0.717, 1.165) is 17.5 Å². The fourth-order valence-electron chi connectivity index (χ4n) is 2.39. The summed E-state index contributed by atoms with van der Waals surface area (Å²) in [5.74, 6) is -0.585. The predicted octanol–water partition coefficient (Wildman–Crippen LogP) is 2.28. The zero-order valence-corrected chi connectivity index (χ0v) is 15.7. The van der Waals surface area contributed by atoms with Gasteiger partial charge in [0.1, 0.15) is 12.3 Å². The second kappa shape index (κ2) is 8.04. The summed E-state index contributed by atoms with van der Waals surface area (Å²) in [7, 11) is -1.83. The van der Waals surface area contributed by atoms with Crippen LogP contribution in [-0.2, 0) is 19.6 Å². The van der Waals surface area contributed by atoms with Gasteiger partial charge in [-0.25, -0.2) is 8.42 Å². The van der Waals surface area contributed by atoms with E-state index in [4.69, 9.17) is 4.74 Å². The van der Waals surface area contributed by atoms with Crippen LogP contribution in [-0.4, -0.2) is 40.1 Å². The van der Waals surface area contributed by atoms with Crippen LogP contribution in [0.15, 0.2) is 47.4 Å². The molecule has 0 heterocycles. The molecule has 27 heavy (non-hydrogen) atoms. The molecule has 0 amide bonds. The van der Waals surface area contributed by atoms with Gasteiger partial charge in [-0.05, 0) is 25.1 Å². The van der Waals surface area contributed by atoms with Crippen LogP contribution in [0.3, 0.4) is 0 Å². The number of hydrogen-bond donors (Lipinski definition) is 0. The number of rotatable bonds is 7. The zero-order chi connectivity index (χ0) is 20.2. The number of hydrogen-bond acceptors (Lipinski definition) is 7. The van der Waals surface area contributed by atoms with Crippen molar-refractivity contribution >= 4 is 27.4 Å². The minimum absolute atomic E-state index is 0.105. The van der Waals surface area contributed by atoms with Crippen molar-refractivity contribution in [2.24, 2.45) is 0 Å². The minimum Gasteiger partial charge on any atom is -0.495 e. The molecule has 2 aromatic carbocycles. The van der Waals surface area contributed by atoms with Crippen molar-refractivity contribution in [1.29, 1.82) is 0 Å². The number of benzene rings is 2. The van der Waals surface area contributed by atoms with Gasteiger partial charge in [0.25, 0.3) is 15.7 Å². The quantitative estimate of drug-likeness (QED) is 0.402. The summed E-state index contributed by atoms with van der Waals surface area (Å²) >= 11 is 0. The van der Waals surface area contributed by atoms with E-state index >= 15 is 0 Å². The number of nitro groups is 1. The van der Waals surface area contributed by atoms with Gasteiger partial charge in [0.15, 0.2) is 0 Å². The second-order valence-electron chi connectivity index (χ2n) is 5.47. The van der Waals surface area contributed by atoms with Crippen molar-refractivity contribution in [2.45, 2.75) is 11.8 Å². The summed E-state index contributed by atoms with van der Waals surface area (Å²) in [6, 6.07) is 9.76. The molecule has 10 heteroatoms. The monoisotopic (exact) mass is 394 g/mol. The van der Waals surface area contributed by atoms with E-state index < -0.39 is 27.5 Å². The lowest BCUT2D eigenvalue weighted by Gasteiger charge is -2.25. The van der Waals surface area contributed by atoms with Crippen LogP contribution in [0.1, 0.15) is 5.56 Å². The number of para-hydroxylation sites is 2. The Bertz CT molecular complexity index is 973. The molecule has 0 radical (unpaired) electrons. The van der Waals surface area contributed by atoms with Crippen LogP contribution in [0.4, 0.5) is 11.4 Å². The molecule has 0 bridgehead atoms. The maximum atomic E-state index is 13.2. The molecule has 2 rings (SSSR count). The normalized spacial score (nSPS) is 10.9. The number of sulfonamides is 1. The number of nitro benzene ring substituents is 1. The van der Waals surface area contributed by atoms with Gasteiger partial charge in [0.05, 0.1) is 29.7 Å². The molecule has 144 valence electrons. The first-order valence-electron chi connectivity index (χ1n) is 7.70. The van der Waals surface area contributed by atoms with Gasteiger partial charge in [-0.15, -0.1) is 0 Å². The average Bonchev–Trinajstić information content (AvgIpc) is 2.65.